The van der Waals surface area contributed by atoms with E-state index in [2.05, 4.69) is 11.1 Å². The summed E-state index contributed by atoms with van der Waals surface area (Å²) >= 11 is 0. The van der Waals surface area contributed by atoms with E-state index in [-0.39, 0.29) is 6.42 Å². The summed E-state index contributed by atoms with van der Waals surface area (Å²) in [7, 11) is -4.81. The minimum atomic E-state index is -4.81. The Labute approximate surface area is 215 Å². The molecule has 0 saturated heterocycles. The van der Waals surface area contributed by atoms with Gasteiger partial charge in [-0.3, -0.25) is 23.7 Å². The lowest BCUT2D eigenvalue weighted by Crippen LogP contribution is -2.50. The molecule has 37 heavy (non-hydrogen) atoms. The lowest BCUT2D eigenvalue weighted by atomic mass is 9.81. The Hall–Kier alpha value is -2.78. The molecule has 15 heteroatoms. The summed E-state index contributed by atoms with van der Waals surface area (Å²) in [5, 5.41) is 45.2. The molecular formula is C22H38O14S. The van der Waals surface area contributed by atoms with E-state index >= 15 is 0 Å². The number of hydrogen-bond donors (Lipinski definition) is 6. The highest BCUT2D eigenvalue weighted by molar-refractivity contribution is 7.81. The van der Waals surface area contributed by atoms with Gasteiger partial charge in [0.05, 0.1) is 25.2 Å². The topological polar surface area (TPSA) is 250 Å². The minimum absolute atomic E-state index is 0.0537. The standard InChI is InChI=1S/C18H32O7.C4H6O7S/c1-2-3-4-5-6-7-8-9-10-11-12-14(16(21)22)18(25,17(23)24)13-15(19)20;5-3(6)1-2-4(7)11-12(8,9)10/h14,25H,2-13H2,1H3,(H,19,20)(H,21,22)(H,23,24);1-2H2,(H,5,6)(H,8,9,10). The Bertz CT molecular complexity index is 838. The number of rotatable bonds is 20. The molecule has 0 amide bonds. The van der Waals surface area contributed by atoms with E-state index in [1.54, 1.807) is 0 Å². The van der Waals surface area contributed by atoms with Gasteiger partial charge in [-0.1, -0.05) is 71.1 Å². The number of carbonyl (C=O) groups is 5. The Morgan fingerprint density at radius 2 is 1.22 bits per heavy atom. The zero-order valence-corrected chi connectivity index (χ0v) is 21.7. The van der Waals surface area contributed by atoms with E-state index in [0.717, 1.165) is 25.7 Å². The van der Waals surface area contributed by atoms with Crippen molar-refractivity contribution in [2.45, 2.75) is 102 Å². The number of unbranched alkanes of at least 4 members (excludes halogenated alkanes) is 9. The molecule has 0 heterocycles. The smallest absolute Gasteiger partial charge is 0.448 e. The van der Waals surface area contributed by atoms with Gasteiger partial charge in [0.15, 0.2) is 5.60 Å². The molecule has 0 aromatic rings. The third-order valence-corrected chi connectivity index (χ3v) is 5.65. The van der Waals surface area contributed by atoms with Crippen LogP contribution in [0.25, 0.3) is 0 Å². The zero-order valence-electron chi connectivity index (χ0n) is 20.8. The van der Waals surface area contributed by atoms with Gasteiger partial charge in [-0.2, -0.15) is 8.42 Å². The van der Waals surface area contributed by atoms with Crippen LogP contribution in [0.15, 0.2) is 0 Å². The number of carboxylic acid groups (broad SMARTS) is 4. The first-order valence-electron chi connectivity index (χ1n) is 11.9. The average molecular weight is 559 g/mol. The van der Waals surface area contributed by atoms with Crippen molar-refractivity contribution in [3.05, 3.63) is 0 Å². The largest absolute Gasteiger partial charge is 0.481 e. The number of aliphatic hydroxyl groups is 1. The first-order valence-corrected chi connectivity index (χ1v) is 13.2. The first kappa shape index (κ1) is 36.4. The summed E-state index contributed by atoms with van der Waals surface area (Å²) in [6.45, 7) is 2.17. The van der Waals surface area contributed by atoms with Gasteiger partial charge in [0.1, 0.15) is 0 Å². The van der Waals surface area contributed by atoms with Gasteiger partial charge in [0.2, 0.25) is 0 Å². The number of aliphatic carboxylic acids is 4. The summed E-state index contributed by atoms with van der Waals surface area (Å²) in [6.07, 6.45) is 8.11. The Kier molecular flexibility index (Phi) is 19.0. The molecule has 0 rings (SSSR count). The molecule has 0 aliphatic rings. The third kappa shape index (κ3) is 20.0. The molecule has 0 bridgehead atoms. The number of carbonyl (C=O) groups excluding carboxylic acids is 1. The monoisotopic (exact) mass is 558 g/mol. The van der Waals surface area contributed by atoms with Gasteiger partial charge < -0.3 is 29.7 Å². The second-order valence-corrected chi connectivity index (χ2v) is 9.46. The van der Waals surface area contributed by atoms with Crippen LogP contribution in [0.4, 0.5) is 0 Å². The van der Waals surface area contributed by atoms with E-state index in [4.69, 9.17) is 19.9 Å². The van der Waals surface area contributed by atoms with E-state index in [0.29, 0.717) is 6.42 Å². The molecule has 0 aliphatic carbocycles. The van der Waals surface area contributed by atoms with Gasteiger partial charge in [-0.15, -0.1) is 0 Å². The molecule has 216 valence electrons. The molecule has 14 nitrogen and oxygen atoms in total. The SMILES string of the molecule is CCCCCCCCCCCCC(C(=O)O)C(O)(CC(=O)O)C(=O)O.O=C(O)CCC(=O)OS(=O)(=O)O. The molecule has 0 radical (unpaired) electrons. The normalized spacial score (nSPS) is 13.4. The van der Waals surface area contributed by atoms with Crippen molar-refractivity contribution < 1.29 is 66.7 Å². The highest BCUT2D eigenvalue weighted by Gasteiger charge is 2.49. The summed E-state index contributed by atoms with van der Waals surface area (Å²) in [6, 6.07) is 0. The van der Waals surface area contributed by atoms with Crippen molar-refractivity contribution in [1.29, 1.82) is 0 Å². The van der Waals surface area contributed by atoms with Crippen molar-refractivity contribution in [3.63, 3.8) is 0 Å². The molecule has 2 unspecified atom stereocenters. The van der Waals surface area contributed by atoms with Crippen LogP contribution >= 0.6 is 0 Å². The van der Waals surface area contributed by atoms with Crippen molar-refractivity contribution >= 4 is 40.2 Å². The quantitative estimate of drug-likeness (QED) is 0.0927. The molecule has 6 N–H and O–H groups in total. The van der Waals surface area contributed by atoms with Gasteiger partial charge in [-0.25, -0.2) is 4.79 Å². The molecule has 0 aromatic carbocycles. The third-order valence-electron chi connectivity index (χ3n) is 5.25. The molecule has 0 fully saturated rings. The Balaban J connectivity index is 0. The molecule has 0 aromatic heterocycles. The first-order chi connectivity index (χ1) is 17.1. The number of hydrogen-bond acceptors (Lipinski definition) is 9. The highest BCUT2D eigenvalue weighted by Crippen LogP contribution is 2.28. The fraction of sp³-hybridized carbons (Fsp3) is 0.773. The lowest BCUT2D eigenvalue weighted by Gasteiger charge is -2.28. The highest BCUT2D eigenvalue weighted by atomic mass is 32.3. The second-order valence-electron chi connectivity index (χ2n) is 8.44. The summed E-state index contributed by atoms with van der Waals surface area (Å²) in [4.78, 5) is 53.5. The van der Waals surface area contributed by atoms with Crippen LogP contribution in [0, 0.1) is 5.92 Å². The van der Waals surface area contributed by atoms with E-state index in [1.165, 1.54) is 32.1 Å². The fourth-order valence-corrected chi connectivity index (χ4v) is 3.67. The van der Waals surface area contributed by atoms with Gasteiger partial charge in [-0.05, 0) is 6.42 Å². The summed E-state index contributed by atoms with van der Waals surface area (Å²) in [5.74, 6) is -9.03. The van der Waals surface area contributed by atoms with Crippen LogP contribution in [0.2, 0.25) is 0 Å². The van der Waals surface area contributed by atoms with Gasteiger partial charge in [0, 0.05) is 0 Å². The zero-order chi connectivity index (χ0) is 29.1. The van der Waals surface area contributed by atoms with Crippen molar-refractivity contribution in [1.82, 2.24) is 0 Å². The van der Waals surface area contributed by atoms with Crippen LogP contribution in [0.1, 0.15) is 96.8 Å². The van der Waals surface area contributed by atoms with Gasteiger partial charge in [0.25, 0.3) is 0 Å². The molecule has 0 aliphatic heterocycles. The van der Waals surface area contributed by atoms with E-state index in [9.17, 15) is 42.6 Å². The maximum absolute atomic E-state index is 11.3. The maximum Gasteiger partial charge on any atom is 0.448 e. The summed E-state index contributed by atoms with van der Waals surface area (Å²) < 4.78 is 31.1. The minimum Gasteiger partial charge on any atom is -0.481 e. The van der Waals surface area contributed by atoms with Crippen molar-refractivity contribution in [2.75, 3.05) is 0 Å². The Morgan fingerprint density at radius 1 is 0.757 bits per heavy atom. The van der Waals surface area contributed by atoms with Crippen molar-refractivity contribution in [3.8, 4) is 0 Å². The molecule has 2 atom stereocenters. The van der Waals surface area contributed by atoms with Crippen LogP contribution < -0.4 is 0 Å². The molecular weight excluding hydrogens is 520 g/mol. The van der Waals surface area contributed by atoms with E-state index < -0.39 is 71.0 Å². The van der Waals surface area contributed by atoms with Crippen LogP contribution in [-0.4, -0.2) is 74.0 Å². The predicted molar refractivity (Wildman–Crippen MR) is 127 cm³/mol. The van der Waals surface area contributed by atoms with E-state index in [1.807, 2.05) is 0 Å². The second kappa shape index (κ2) is 19.3. The van der Waals surface area contributed by atoms with Crippen molar-refractivity contribution in [2.24, 2.45) is 5.92 Å². The lowest BCUT2D eigenvalue weighted by molar-refractivity contribution is -0.179. The van der Waals surface area contributed by atoms with Crippen LogP contribution in [-0.2, 0) is 38.6 Å². The summed E-state index contributed by atoms with van der Waals surface area (Å²) in [5.41, 5.74) is -2.78. The fourth-order valence-electron chi connectivity index (χ4n) is 3.35. The molecule has 0 saturated carbocycles. The number of carboxylic acids is 4. The maximum atomic E-state index is 11.3. The Morgan fingerprint density at radius 3 is 1.57 bits per heavy atom. The average Bonchev–Trinajstić information content (AvgIpc) is 2.74. The van der Waals surface area contributed by atoms with Gasteiger partial charge >= 0.3 is 40.2 Å². The predicted octanol–water partition coefficient (Wildman–Crippen LogP) is 2.49. The van der Waals surface area contributed by atoms with Crippen LogP contribution in [0.3, 0.4) is 0 Å². The molecule has 0 spiro atoms. The van der Waals surface area contributed by atoms with Crippen LogP contribution in [0.5, 0.6) is 0 Å².